The summed E-state index contributed by atoms with van der Waals surface area (Å²) in [6.07, 6.45) is 1.96. The van der Waals surface area contributed by atoms with E-state index in [0.717, 1.165) is 29.3 Å². The first kappa shape index (κ1) is 26.7. The highest BCUT2D eigenvalue weighted by atomic mass is 79.9. The van der Waals surface area contributed by atoms with Crippen molar-refractivity contribution in [1.29, 1.82) is 0 Å². The molecule has 1 aliphatic carbocycles. The van der Waals surface area contributed by atoms with Crippen LogP contribution < -0.4 is 15.4 Å². The molecule has 190 valence electrons. The van der Waals surface area contributed by atoms with Crippen molar-refractivity contribution in [2.45, 2.75) is 53.1 Å². The summed E-state index contributed by atoms with van der Waals surface area (Å²) in [5, 5.41) is 7.16. The van der Waals surface area contributed by atoms with Gasteiger partial charge in [0.2, 0.25) is 0 Å². The second-order valence-electron chi connectivity index (χ2n) is 10.2. The van der Waals surface area contributed by atoms with Crippen molar-refractivity contribution in [3.8, 4) is 5.75 Å². The first-order valence-electron chi connectivity index (χ1n) is 12.0. The molecule has 36 heavy (non-hydrogen) atoms. The van der Waals surface area contributed by atoms with Gasteiger partial charge in [-0.25, -0.2) is 0 Å². The van der Waals surface area contributed by atoms with E-state index in [2.05, 4.69) is 47.3 Å². The van der Waals surface area contributed by atoms with Crippen LogP contribution in [0.1, 0.15) is 54.9 Å². The van der Waals surface area contributed by atoms with Gasteiger partial charge >= 0.3 is 0 Å². The normalized spacial score (nSPS) is 16.1. The Morgan fingerprint density at radius 3 is 2.39 bits per heavy atom. The maximum Gasteiger partial charge on any atom is 0.265 e. The van der Waals surface area contributed by atoms with Crippen LogP contribution in [-0.2, 0) is 17.6 Å². The molecule has 0 saturated carbocycles. The number of hydrogen-bond donors (Lipinski definition) is 2. The lowest BCUT2D eigenvalue weighted by Crippen LogP contribution is -2.30. The summed E-state index contributed by atoms with van der Waals surface area (Å²) in [5.74, 6) is 0.537. The lowest BCUT2D eigenvalue weighted by atomic mass is 9.72. The summed E-state index contributed by atoms with van der Waals surface area (Å²) >= 11 is 10.9. The molecular formula is C28H30BrClN2O3S. The van der Waals surface area contributed by atoms with Gasteiger partial charge in [-0.15, -0.1) is 11.3 Å². The quantitative estimate of drug-likeness (QED) is 0.306. The minimum Gasteiger partial charge on any atom is -0.481 e. The minimum absolute atomic E-state index is 0.172. The Morgan fingerprint density at radius 2 is 1.75 bits per heavy atom. The number of ether oxygens (including phenoxy) is 1. The van der Waals surface area contributed by atoms with Gasteiger partial charge in [0.05, 0.1) is 5.56 Å². The zero-order valence-electron chi connectivity index (χ0n) is 20.8. The highest BCUT2D eigenvalue weighted by molar-refractivity contribution is 9.10. The van der Waals surface area contributed by atoms with Gasteiger partial charge in [-0.1, -0.05) is 48.3 Å². The molecule has 0 radical (unpaired) electrons. The molecule has 2 aromatic carbocycles. The highest BCUT2D eigenvalue weighted by Gasteiger charge is 2.34. The molecule has 8 heteroatoms. The van der Waals surface area contributed by atoms with Gasteiger partial charge in [-0.05, 0) is 91.6 Å². The third kappa shape index (κ3) is 6.31. The Labute approximate surface area is 229 Å². The number of nitrogens with one attached hydrogen (secondary N) is 2. The van der Waals surface area contributed by atoms with E-state index in [4.69, 9.17) is 16.3 Å². The van der Waals surface area contributed by atoms with Crippen LogP contribution in [0.25, 0.3) is 0 Å². The predicted molar refractivity (Wildman–Crippen MR) is 152 cm³/mol. The van der Waals surface area contributed by atoms with Gasteiger partial charge in [0.15, 0.2) is 6.10 Å². The molecule has 5 nitrogen and oxygen atoms in total. The van der Waals surface area contributed by atoms with Gasteiger partial charge in [-0.3, -0.25) is 9.59 Å². The van der Waals surface area contributed by atoms with E-state index in [1.54, 1.807) is 31.2 Å². The molecule has 4 rings (SSSR count). The molecule has 0 aliphatic heterocycles. The molecule has 2 unspecified atom stereocenters. The highest BCUT2D eigenvalue weighted by Crippen LogP contribution is 2.44. The van der Waals surface area contributed by atoms with E-state index >= 15 is 0 Å². The second-order valence-corrected chi connectivity index (χ2v) is 12.6. The zero-order valence-corrected chi connectivity index (χ0v) is 23.9. The molecule has 1 heterocycles. The first-order chi connectivity index (χ1) is 17.0. The Hall–Kier alpha value is -2.35. The van der Waals surface area contributed by atoms with E-state index in [-0.39, 0.29) is 17.2 Å². The number of thiophene rings is 1. The molecule has 0 spiro atoms. The Morgan fingerprint density at radius 1 is 1.08 bits per heavy atom. The number of carbonyl (C=O) groups excluding carboxylic acids is 2. The van der Waals surface area contributed by atoms with E-state index < -0.39 is 6.10 Å². The van der Waals surface area contributed by atoms with Crippen LogP contribution in [-0.4, -0.2) is 17.9 Å². The number of halogens is 2. The lowest BCUT2D eigenvalue weighted by Gasteiger charge is -2.33. The number of hydrogen-bond acceptors (Lipinski definition) is 4. The number of fused-ring (bicyclic) bond motifs is 1. The molecule has 1 aliphatic rings. The van der Waals surface area contributed by atoms with Crippen molar-refractivity contribution in [2.24, 2.45) is 11.3 Å². The van der Waals surface area contributed by atoms with Gasteiger partial charge in [-0.2, -0.15) is 0 Å². The van der Waals surface area contributed by atoms with Crippen molar-refractivity contribution in [3.63, 3.8) is 0 Å². The summed E-state index contributed by atoms with van der Waals surface area (Å²) in [6.45, 7) is 8.47. The van der Waals surface area contributed by atoms with Gasteiger partial charge in [0, 0.05) is 20.1 Å². The fourth-order valence-electron chi connectivity index (χ4n) is 4.36. The van der Waals surface area contributed by atoms with E-state index in [1.165, 1.54) is 16.2 Å². The molecule has 2 N–H and O–H groups in total. The summed E-state index contributed by atoms with van der Waals surface area (Å²) in [4.78, 5) is 27.8. The van der Waals surface area contributed by atoms with Crippen molar-refractivity contribution < 1.29 is 14.3 Å². The Bertz CT molecular complexity index is 1250. The van der Waals surface area contributed by atoms with Crippen LogP contribution in [0.15, 0.2) is 53.0 Å². The Balaban J connectivity index is 1.59. The number of anilines is 2. The molecule has 0 fully saturated rings. The van der Waals surface area contributed by atoms with Crippen LogP contribution in [0.5, 0.6) is 5.75 Å². The summed E-state index contributed by atoms with van der Waals surface area (Å²) in [7, 11) is 0. The van der Waals surface area contributed by atoms with E-state index in [9.17, 15) is 9.59 Å². The third-order valence-electron chi connectivity index (χ3n) is 6.55. The maximum atomic E-state index is 13.5. The molecule has 0 bridgehead atoms. The number of benzene rings is 2. The van der Waals surface area contributed by atoms with Crippen LogP contribution in [0.4, 0.5) is 10.7 Å². The monoisotopic (exact) mass is 588 g/mol. The van der Waals surface area contributed by atoms with Crippen molar-refractivity contribution in [2.75, 3.05) is 10.6 Å². The largest absolute Gasteiger partial charge is 0.481 e. The molecule has 0 saturated heterocycles. The topological polar surface area (TPSA) is 67.4 Å². The fourth-order valence-corrected chi connectivity index (χ4v) is 6.08. The number of carbonyl (C=O) groups is 2. The maximum absolute atomic E-state index is 13.5. The zero-order chi connectivity index (χ0) is 26.0. The first-order valence-corrected chi connectivity index (χ1v) is 13.9. The van der Waals surface area contributed by atoms with Gasteiger partial charge in [0.1, 0.15) is 10.8 Å². The van der Waals surface area contributed by atoms with Gasteiger partial charge < -0.3 is 15.4 Å². The lowest BCUT2D eigenvalue weighted by molar-refractivity contribution is -0.122. The summed E-state index contributed by atoms with van der Waals surface area (Å²) in [6, 6.07) is 14.3. The van der Waals surface area contributed by atoms with E-state index in [1.807, 2.05) is 24.3 Å². The van der Waals surface area contributed by atoms with Crippen molar-refractivity contribution >= 4 is 61.4 Å². The fraction of sp³-hybridized carbons (Fsp3) is 0.357. The molecule has 2 amide bonds. The second kappa shape index (κ2) is 11.0. The van der Waals surface area contributed by atoms with E-state index in [0.29, 0.717) is 32.9 Å². The SMILES string of the molecule is CC(Oc1ccc(Cl)cc1)C(=O)Nc1sc2c(c1C(=O)Nc1ccc(Br)cc1)CCC(C(C)(C)C)C2. The predicted octanol–water partition coefficient (Wildman–Crippen LogP) is 7.97. The van der Waals surface area contributed by atoms with Crippen LogP contribution in [0.3, 0.4) is 0 Å². The standard InChI is InChI=1S/C28H30BrClN2O3S/c1-16(35-21-12-8-19(30)9-13-21)25(33)32-27-24(26(34)31-20-10-6-18(29)7-11-20)22-14-5-17(28(2,3)4)15-23(22)36-27/h6-13,16-17H,5,14-15H2,1-4H3,(H,31,34)(H,32,33). The third-order valence-corrected chi connectivity index (χ3v) is 8.50. The molecule has 1 aromatic heterocycles. The average molecular weight is 590 g/mol. The molecule has 3 aromatic rings. The average Bonchev–Trinajstić information content (AvgIpc) is 3.18. The Kier molecular flexibility index (Phi) is 8.12. The number of amides is 2. The molecule has 2 atom stereocenters. The van der Waals surface area contributed by atoms with Crippen molar-refractivity contribution in [3.05, 3.63) is 74.0 Å². The smallest absolute Gasteiger partial charge is 0.265 e. The van der Waals surface area contributed by atoms with Gasteiger partial charge in [0.25, 0.3) is 11.8 Å². The van der Waals surface area contributed by atoms with Crippen LogP contribution >= 0.6 is 38.9 Å². The van der Waals surface area contributed by atoms with Crippen LogP contribution in [0.2, 0.25) is 5.02 Å². The molecular weight excluding hydrogens is 560 g/mol. The minimum atomic E-state index is -0.755. The summed E-state index contributed by atoms with van der Waals surface area (Å²) < 4.78 is 6.74. The number of rotatable bonds is 6. The van der Waals surface area contributed by atoms with Crippen molar-refractivity contribution in [1.82, 2.24) is 0 Å². The summed E-state index contributed by atoms with van der Waals surface area (Å²) in [5.41, 5.74) is 2.46. The van der Waals surface area contributed by atoms with Crippen LogP contribution in [0, 0.1) is 11.3 Å².